The molecule has 0 aromatic heterocycles. The maximum Gasteiger partial charge on any atom is 0.186 e. The van der Waals surface area contributed by atoms with Crippen LogP contribution in [0.25, 0.3) is 0 Å². The second-order valence-electron chi connectivity index (χ2n) is 5.57. The van der Waals surface area contributed by atoms with Crippen LogP contribution < -0.4 is 0 Å². The molecule has 136 valence electrons. The van der Waals surface area contributed by atoms with E-state index in [0.29, 0.717) is 0 Å². The summed E-state index contributed by atoms with van der Waals surface area (Å²) >= 11 is 0. The van der Waals surface area contributed by atoms with Crippen molar-refractivity contribution in [2.75, 3.05) is 13.2 Å². The van der Waals surface area contributed by atoms with Gasteiger partial charge >= 0.3 is 0 Å². The van der Waals surface area contributed by atoms with Gasteiger partial charge in [-0.1, -0.05) is 0 Å². The van der Waals surface area contributed by atoms with Crippen molar-refractivity contribution in [3.63, 3.8) is 0 Å². The molecule has 11 heteroatoms. The molecule has 0 bridgehead atoms. The predicted molar refractivity (Wildman–Crippen MR) is 68.6 cm³/mol. The van der Waals surface area contributed by atoms with E-state index in [1.807, 2.05) is 0 Å². The van der Waals surface area contributed by atoms with Crippen LogP contribution in [0.3, 0.4) is 0 Å². The molecule has 0 unspecified atom stereocenters. The van der Waals surface area contributed by atoms with Gasteiger partial charge in [0, 0.05) is 0 Å². The van der Waals surface area contributed by atoms with Crippen molar-refractivity contribution in [2.24, 2.45) is 0 Å². The number of rotatable bonds is 4. The van der Waals surface area contributed by atoms with Gasteiger partial charge in [0.05, 0.1) is 13.2 Å². The predicted octanol–water partition coefficient (Wildman–Crippen LogP) is -5.40. The lowest BCUT2D eigenvalue weighted by Crippen LogP contribution is -2.61. The molecule has 23 heavy (non-hydrogen) atoms. The SMILES string of the molecule is OC[C@H]1O[C@@H](OC[C@H]2O[C@H](O)[C@H](O)[C@@H](O)[C@@H]2O)[C@@H](O)[C@@H](O)[C@@H]1O. The Morgan fingerprint density at radius 3 is 1.83 bits per heavy atom. The Bertz CT molecular complexity index is 380. The summed E-state index contributed by atoms with van der Waals surface area (Å²) in [7, 11) is 0. The van der Waals surface area contributed by atoms with Crippen LogP contribution in [0.1, 0.15) is 0 Å². The summed E-state index contributed by atoms with van der Waals surface area (Å²) in [6, 6.07) is 0. The van der Waals surface area contributed by atoms with Crippen LogP contribution in [0.15, 0.2) is 0 Å². The molecule has 2 fully saturated rings. The van der Waals surface area contributed by atoms with E-state index in [1.165, 1.54) is 0 Å². The molecule has 0 saturated carbocycles. The van der Waals surface area contributed by atoms with E-state index in [2.05, 4.69) is 0 Å². The molecule has 2 saturated heterocycles. The summed E-state index contributed by atoms with van der Waals surface area (Å²) in [5, 5.41) is 76.1. The van der Waals surface area contributed by atoms with Crippen molar-refractivity contribution in [3.8, 4) is 0 Å². The molecule has 0 amide bonds. The molecule has 11 nitrogen and oxygen atoms in total. The van der Waals surface area contributed by atoms with E-state index in [4.69, 9.17) is 19.3 Å². The van der Waals surface area contributed by atoms with Gasteiger partial charge in [0.15, 0.2) is 12.6 Å². The highest BCUT2D eigenvalue weighted by Crippen LogP contribution is 2.24. The largest absolute Gasteiger partial charge is 0.394 e. The summed E-state index contributed by atoms with van der Waals surface area (Å²) in [6.07, 6.45) is -15.3. The van der Waals surface area contributed by atoms with Crippen LogP contribution >= 0.6 is 0 Å². The first kappa shape index (κ1) is 18.9. The van der Waals surface area contributed by atoms with E-state index in [-0.39, 0.29) is 0 Å². The van der Waals surface area contributed by atoms with E-state index in [1.54, 1.807) is 0 Å². The molecule has 10 atom stereocenters. The van der Waals surface area contributed by atoms with Gasteiger partial charge in [-0.05, 0) is 0 Å². The fraction of sp³-hybridized carbons (Fsp3) is 1.00. The first-order valence-electron chi connectivity index (χ1n) is 7.07. The molecule has 2 heterocycles. The van der Waals surface area contributed by atoms with Gasteiger partial charge in [-0.15, -0.1) is 0 Å². The van der Waals surface area contributed by atoms with Crippen molar-refractivity contribution < 1.29 is 55.1 Å². The van der Waals surface area contributed by atoms with Gasteiger partial charge in [0.25, 0.3) is 0 Å². The first-order chi connectivity index (χ1) is 10.8. The lowest BCUT2D eigenvalue weighted by Gasteiger charge is -2.41. The highest BCUT2D eigenvalue weighted by molar-refractivity contribution is 4.91. The highest BCUT2D eigenvalue weighted by atomic mass is 16.7. The van der Waals surface area contributed by atoms with Crippen molar-refractivity contribution in [1.82, 2.24) is 0 Å². The fourth-order valence-electron chi connectivity index (χ4n) is 2.46. The average Bonchev–Trinajstić information content (AvgIpc) is 2.54. The van der Waals surface area contributed by atoms with Gasteiger partial charge in [-0.3, -0.25) is 0 Å². The maximum absolute atomic E-state index is 9.78. The second-order valence-corrected chi connectivity index (χ2v) is 5.57. The Morgan fingerprint density at radius 2 is 1.22 bits per heavy atom. The second kappa shape index (κ2) is 7.63. The number of aliphatic hydroxyl groups excluding tert-OH is 8. The Morgan fingerprint density at radius 1 is 0.652 bits per heavy atom. The molecule has 0 aromatic rings. The summed E-state index contributed by atoms with van der Waals surface area (Å²) in [5.41, 5.74) is 0. The zero-order valence-electron chi connectivity index (χ0n) is 12.0. The van der Waals surface area contributed by atoms with Gasteiger partial charge < -0.3 is 55.1 Å². The Hall–Kier alpha value is -0.440. The zero-order valence-corrected chi connectivity index (χ0v) is 12.0. The summed E-state index contributed by atoms with van der Waals surface area (Å²) in [5.74, 6) is 0. The monoisotopic (exact) mass is 342 g/mol. The third kappa shape index (κ3) is 3.81. The van der Waals surface area contributed by atoms with Crippen LogP contribution in [0.2, 0.25) is 0 Å². The Labute approximate surface area is 130 Å². The molecule has 2 rings (SSSR count). The number of ether oxygens (including phenoxy) is 3. The van der Waals surface area contributed by atoms with Crippen molar-refractivity contribution in [2.45, 2.75) is 61.4 Å². The average molecular weight is 342 g/mol. The zero-order chi connectivity index (χ0) is 17.3. The minimum absolute atomic E-state index is 0.468. The lowest BCUT2D eigenvalue weighted by atomic mass is 9.98. The van der Waals surface area contributed by atoms with Crippen LogP contribution in [-0.4, -0.2) is 115 Å². The minimum Gasteiger partial charge on any atom is -0.394 e. The van der Waals surface area contributed by atoms with Crippen LogP contribution in [-0.2, 0) is 14.2 Å². The summed E-state index contributed by atoms with van der Waals surface area (Å²) in [6.45, 7) is -1.10. The summed E-state index contributed by atoms with van der Waals surface area (Å²) < 4.78 is 15.1. The van der Waals surface area contributed by atoms with E-state index < -0.39 is 74.6 Å². The molecule has 0 spiro atoms. The number of aliphatic hydroxyl groups is 8. The number of hydrogen-bond acceptors (Lipinski definition) is 11. The van der Waals surface area contributed by atoms with Crippen molar-refractivity contribution >= 4 is 0 Å². The smallest absolute Gasteiger partial charge is 0.186 e. The van der Waals surface area contributed by atoms with Crippen LogP contribution in [0.5, 0.6) is 0 Å². The Kier molecular flexibility index (Phi) is 6.27. The molecule has 2 aliphatic heterocycles. The first-order valence-corrected chi connectivity index (χ1v) is 7.07. The molecule has 2 aliphatic rings. The van der Waals surface area contributed by atoms with E-state index >= 15 is 0 Å². The van der Waals surface area contributed by atoms with Crippen LogP contribution in [0.4, 0.5) is 0 Å². The number of hydrogen-bond donors (Lipinski definition) is 8. The molecule has 0 aliphatic carbocycles. The molecule has 8 N–H and O–H groups in total. The quantitative estimate of drug-likeness (QED) is 0.243. The molecular formula is C12H22O11. The summed E-state index contributed by atoms with van der Waals surface area (Å²) in [4.78, 5) is 0. The third-order valence-electron chi connectivity index (χ3n) is 3.96. The van der Waals surface area contributed by atoms with E-state index in [9.17, 15) is 35.7 Å². The maximum atomic E-state index is 9.78. The van der Waals surface area contributed by atoms with Gasteiger partial charge in [-0.2, -0.15) is 0 Å². The van der Waals surface area contributed by atoms with Gasteiger partial charge in [0.2, 0.25) is 0 Å². The fourth-order valence-corrected chi connectivity index (χ4v) is 2.46. The standard InChI is InChI=1S/C12H22O11/c13-1-3-5(14)8(17)10(19)12(23-3)21-2-4-6(15)7(16)9(18)11(20)22-4/h3-20H,1-2H2/t3-,4-,5-,6-,7+,8+,9-,10+,11+,12-/m1/s1. The molecular weight excluding hydrogens is 320 g/mol. The minimum atomic E-state index is -1.74. The normalized spacial score (nSPS) is 51.7. The van der Waals surface area contributed by atoms with Gasteiger partial charge in [0.1, 0.15) is 48.8 Å². The Balaban J connectivity index is 1.94. The molecule has 0 radical (unpaired) electrons. The molecule has 0 aromatic carbocycles. The van der Waals surface area contributed by atoms with E-state index in [0.717, 1.165) is 0 Å². The third-order valence-corrected chi connectivity index (χ3v) is 3.96. The van der Waals surface area contributed by atoms with Crippen molar-refractivity contribution in [1.29, 1.82) is 0 Å². The highest BCUT2D eigenvalue weighted by Gasteiger charge is 2.46. The van der Waals surface area contributed by atoms with Gasteiger partial charge in [-0.25, -0.2) is 0 Å². The lowest BCUT2D eigenvalue weighted by molar-refractivity contribution is -0.325. The topological polar surface area (TPSA) is 190 Å². The van der Waals surface area contributed by atoms with Crippen LogP contribution in [0, 0.1) is 0 Å². The van der Waals surface area contributed by atoms with Crippen molar-refractivity contribution in [3.05, 3.63) is 0 Å².